The number of amides is 1. The Balaban J connectivity index is 0.00000289. The van der Waals surface area contributed by atoms with Crippen LogP contribution in [0.4, 0.5) is 8.78 Å². The Morgan fingerprint density at radius 2 is 2.17 bits per heavy atom. The largest absolute Gasteiger partial charge is 0.370 e. The summed E-state index contributed by atoms with van der Waals surface area (Å²) < 4.78 is 30.8. The number of carbonyl (C=O) groups is 1. The molecule has 1 amide bonds. The van der Waals surface area contributed by atoms with Crippen LogP contribution in [0.1, 0.15) is 5.56 Å². The molecule has 18 heavy (non-hydrogen) atoms. The summed E-state index contributed by atoms with van der Waals surface area (Å²) in [4.78, 5) is 11.4. The van der Waals surface area contributed by atoms with Crippen molar-refractivity contribution in [1.29, 1.82) is 0 Å². The fraction of sp³-hybridized carbons (Fsp3) is 0.364. The van der Waals surface area contributed by atoms with Crippen LogP contribution in [0.15, 0.2) is 18.2 Å². The van der Waals surface area contributed by atoms with Gasteiger partial charge in [-0.2, -0.15) is 0 Å². The van der Waals surface area contributed by atoms with E-state index in [1.54, 1.807) is 0 Å². The van der Waals surface area contributed by atoms with E-state index in [1.807, 2.05) is 0 Å². The Bertz CT molecular complexity index is 401. The fourth-order valence-electron chi connectivity index (χ4n) is 1.29. The van der Waals surface area contributed by atoms with Crippen LogP contribution in [0.2, 0.25) is 0 Å². The molecule has 1 rings (SSSR count). The monoisotopic (exact) mass is 280 g/mol. The van der Waals surface area contributed by atoms with E-state index in [1.165, 1.54) is 7.11 Å². The van der Waals surface area contributed by atoms with Crippen molar-refractivity contribution in [3.63, 3.8) is 0 Å². The number of carbonyl (C=O) groups excluding carboxylic acids is 1. The maximum atomic E-state index is 13.2. The lowest BCUT2D eigenvalue weighted by Crippen LogP contribution is -2.40. The molecule has 0 aliphatic carbocycles. The van der Waals surface area contributed by atoms with Crippen LogP contribution in [-0.2, 0) is 16.1 Å². The molecule has 0 radical (unpaired) electrons. The van der Waals surface area contributed by atoms with Crippen LogP contribution in [0.3, 0.4) is 0 Å². The highest BCUT2D eigenvalue weighted by Crippen LogP contribution is 2.09. The predicted octanol–water partition coefficient (Wildman–Crippen LogP) is 0.977. The molecule has 1 atom stereocenters. The number of benzene rings is 1. The van der Waals surface area contributed by atoms with Crippen molar-refractivity contribution in [2.24, 2.45) is 5.73 Å². The highest BCUT2D eigenvalue weighted by atomic mass is 35.5. The number of methoxy groups -OCH3 is 1. The van der Waals surface area contributed by atoms with Gasteiger partial charge in [-0.3, -0.25) is 4.79 Å². The summed E-state index contributed by atoms with van der Waals surface area (Å²) in [5.41, 5.74) is 5.36. The second kappa shape index (κ2) is 7.97. The molecule has 102 valence electrons. The summed E-state index contributed by atoms with van der Waals surface area (Å²) in [6.45, 7) is -0.0871. The van der Waals surface area contributed by atoms with E-state index < -0.39 is 23.6 Å². The number of halogens is 3. The van der Waals surface area contributed by atoms with E-state index >= 15 is 0 Å². The summed E-state index contributed by atoms with van der Waals surface area (Å²) in [5.74, 6) is -1.59. The zero-order valence-corrected chi connectivity index (χ0v) is 10.6. The third kappa shape index (κ3) is 4.56. The Morgan fingerprint density at radius 1 is 1.50 bits per heavy atom. The highest BCUT2D eigenvalue weighted by Gasteiger charge is 2.15. The molecule has 0 aliphatic rings. The van der Waals surface area contributed by atoms with Crippen LogP contribution >= 0.6 is 12.4 Å². The van der Waals surface area contributed by atoms with Gasteiger partial charge in [0.25, 0.3) is 5.91 Å². The zero-order chi connectivity index (χ0) is 12.8. The molecule has 1 unspecified atom stereocenters. The molecule has 0 fully saturated rings. The number of nitrogens with two attached hydrogens (primary N) is 1. The molecule has 3 N–H and O–H groups in total. The SMILES string of the molecule is COC(CN)C(=O)NCc1cc(F)ccc1F.Cl. The van der Waals surface area contributed by atoms with Gasteiger partial charge in [0.15, 0.2) is 0 Å². The summed E-state index contributed by atoms with van der Waals surface area (Å²) in [6.07, 6.45) is -0.786. The van der Waals surface area contributed by atoms with E-state index in [0.29, 0.717) is 0 Å². The summed E-state index contributed by atoms with van der Waals surface area (Å²) in [5, 5.41) is 2.42. The average molecular weight is 281 g/mol. The molecule has 4 nitrogen and oxygen atoms in total. The van der Waals surface area contributed by atoms with Crippen molar-refractivity contribution in [2.45, 2.75) is 12.6 Å². The Kier molecular flexibility index (Phi) is 7.42. The van der Waals surface area contributed by atoms with Gasteiger partial charge in [0.2, 0.25) is 0 Å². The quantitative estimate of drug-likeness (QED) is 0.845. The van der Waals surface area contributed by atoms with Gasteiger partial charge in [-0.1, -0.05) is 0 Å². The second-order valence-corrected chi connectivity index (χ2v) is 3.41. The number of rotatable bonds is 5. The topological polar surface area (TPSA) is 64.3 Å². The molecule has 0 spiro atoms. The molecule has 0 saturated carbocycles. The first kappa shape index (κ1) is 16.8. The highest BCUT2D eigenvalue weighted by molar-refractivity contribution is 5.85. The fourth-order valence-corrected chi connectivity index (χ4v) is 1.29. The zero-order valence-electron chi connectivity index (χ0n) is 9.78. The molecule has 0 saturated heterocycles. The van der Waals surface area contributed by atoms with Crippen molar-refractivity contribution >= 4 is 18.3 Å². The molecule has 0 bridgehead atoms. The summed E-state index contributed by atoms with van der Waals surface area (Å²) >= 11 is 0. The van der Waals surface area contributed by atoms with Crippen molar-refractivity contribution in [3.05, 3.63) is 35.4 Å². The van der Waals surface area contributed by atoms with Gasteiger partial charge in [-0.05, 0) is 18.2 Å². The van der Waals surface area contributed by atoms with Gasteiger partial charge >= 0.3 is 0 Å². The number of ether oxygens (including phenoxy) is 1. The molecule has 1 aromatic carbocycles. The van der Waals surface area contributed by atoms with Gasteiger partial charge in [0.1, 0.15) is 17.7 Å². The Morgan fingerprint density at radius 3 is 2.72 bits per heavy atom. The maximum absolute atomic E-state index is 13.2. The number of nitrogens with one attached hydrogen (secondary N) is 1. The third-order valence-corrected chi connectivity index (χ3v) is 2.25. The van der Waals surface area contributed by atoms with Crippen LogP contribution in [0, 0.1) is 11.6 Å². The van der Waals surface area contributed by atoms with Crippen LogP contribution in [0.25, 0.3) is 0 Å². The van der Waals surface area contributed by atoms with E-state index in [2.05, 4.69) is 5.32 Å². The lowest BCUT2D eigenvalue weighted by atomic mass is 10.2. The van der Waals surface area contributed by atoms with Crippen molar-refractivity contribution < 1.29 is 18.3 Å². The molecule has 1 aromatic rings. The Hall–Kier alpha value is -1.24. The van der Waals surface area contributed by atoms with E-state index in [4.69, 9.17) is 10.5 Å². The van der Waals surface area contributed by atoms with E-state index in [0.717, 1.165) is 18.2 Å². The summed E-state index contributed by atoms with van der Waals surface area (Å²) in [7, 11) is 1.35. The minimum Gasteiger partial charge on any atom is -0.370 e. The standard InChI is InChI=1S/C11H14F2N2O2.ClH/c1-17-10(5-14)11(16)15-6-7-4-8(12)2-3-9(7)13;/h2-4,10H,5-6,14H2,1H3,(H,15,16);1H. The molecule has 0 aliphatic heterocycles. The molecule has 7 heteroatoms. The minimum absolute atomic E-state index is 0. The first-order valence-corrected chi connectivity index (χ1v) is 5.03. The average Bonchev–Trinajstić information content (AvgIpc) is 2.32. The third-order valence-electron chi connectivity index (χ3n) is 2.25. The van der Waals surface area contributed by atoms with Crippen molar-refractivity contribution in [1.82, 2.24) is 5.32 Å². The van der Waals surface area contributed by atoms with Crippen molar-refractivity contribution in [3.8, 4) is 0 Å². The maximum Gasteiger partial charge on any atom is 0.250 e. The van der Waals surface area contributed by atoms with E-state index in [-0.39, 0.29) is 31.1 Å². The normalized spacial score (nSPS) is 11.6. The number of hydrogen-bond donors (Lipinski definition) is 2. The minimum atomic E-state index is -0.786. The lowest BCUT2D eigenvalue weighted by Gasteiger charge is -2.13. The van der Waals surface area contributed by atoms with Gasteiger partial charge < -0.3 is 15.8 Å². The van der Waals surface area contributed by atoms with Gasteiger partial charge in [-0.25, -0.2) is 8.78 Å². The van der Waals surface area contributed by atoms with Crippen molar-refractivity contribution in [2.75, 3.05) is 13.7 Å². The molecule has 0 aromatic heterocycles. The molecular formula is C11H15ClF2N2O2. The smallest absolute Gasteiger partial charge is 0.250 e. The predicted molar refractivity (Wildman–Crippen MR) is 65.3 cm³/mol. The first-order valence-electron chi connectivity index (χ1n) is 5.03. The van der Waals surface area contributed by atoms with Crippen LogP contribution in [0.5, 0.6) is 0 Å². The summed E-state index contributed by atoms with van der Waals surface area (Å²) in [6, 6.07) is 3.05. The number of hydrogen-bond acceptors (Lipinski definition) is 3. The molecular weight excluding hydrogens is 266 g/mol. The van der Waals surface area contributed by atoms with Gasteiger partial charge in [-0.15, -0.1) is 12.4 Å². The first-order chi connectivity index (χ1) is 8.08. The Labute approximate surface area is 110 Å². The van der Waals surface area contributed by atoms with E-state index in [9.17, 15) is 13.6 Å². The van der Waals surface area contributed by atoms with Crippen LogP contribution in [-0.4, -0.2) is 25.7 Å². The molecule has 0 heterocycles. The van der Waals surface area contributed by atoms with Gasteiger partial charge in [0, 0.05) is 25.8 Å². The lowest BCUT2D eigenvalue weighted by molar-refractivity contribution is -0.130. The second-order valence-electron chi connectivity index (χ2n) is 3.41. The van der Waals surface area contributed by atoms with Crippen LogP contribution < -0.4 is 11.1 Å². The van der Waals surface area contributed by atoms with Gasteiger partial charge in [0.05, 0.1) is 0 Å².